The molecule has 0 aromatic heterocycles. The zero-order valence-electron chi connectivity index (χ0n) is 15.2. The van der Waals surface area contributed by atoms with Gasteiger partial charge in [0.25, 0.3) is 10.2 Å². The molecule has 6 nitrogen and oxygen atoms in total. The van der Waals surface area contributed by atoms with Gasteiger partial charge in [0.15, 0.2) is 0 Å². The van der Waals surface area contributed by atoms with E-state index in [1.165, 1.54) is 22.7 Å². The van der Waals surface area contributed by atoms with Crippen LogP contribution in [0.4, 0.5) is 0 Å². The van der Waals surface area contributed by atoms with Crippen LogP contribution in [-0.2, 0) is 20.8 Å². The number of carbonyl (C=O) groups is 1. The number of hydrogen-bond donors (Lipinski definition) is 1. The highest BCUT2D eigenvalue weighted by Crippen LogP contribution is 2.21. The molecule has 1 saturated heterocycles. The Labute approximate surface area is 165 Å². The summed E-state index contributed by atoms with van der Waals surface area (Å²) >= 11 is 7.83. The number of rotatable bonds is 8. The van der Waals surface area contributed by atoms with Crippen molar-refractivity contribution in [3.8, 4) is 0 Å². The van der Waals surface area contributed by atoms with Crippen molar-refractivity contribution in [2.45, 2.75) is 18.6 Å². The van der Waals surface area contributed by atoms with Gasteiger partial charge in [0.2, 0.25) is 5.91 Å². The molecule has 1 aromatic rings. The first-order chi connectivity index (χ1) is 12.3. The zero-order valence-corrected chi connectivity index (χ0v) is 17.5. The van der Waals surface area contributed by atoms with E-state index < -0.39 is 10.2 Å². The standard InChI is InChI=1S/C17H26ClN3O3S2/c1-20(2)26(23,24)21-10-5-7-14(12-21)17(22)19-9-11-25-13-15-6-3-4-8-16(15)18/h3-4,6,8,14H,5,7,9-13H2,1-2H3,(H,19,22). The molecule has 0 bridgehead atoms. The number of carbonyl (C=O) groups excluding carboxylic acids is 1. The Balaban J connectivity index is 1.73. The van der Waals surface area contributed by atoms with Crippen molar-refractivity contribution >= 4 is 39.5 Å². The van der Waals surface area contributed by atoms with E-state index in [0.29, 0.717) is 19.5 Å². The minimum Gasteiger partial charge on any atom is -0.355 e. The molecule has 1 aliphatic rings. The molecule has 0 saturated carbocycles. The van der Waals surface area contributed by atoms with Crippen LogP contribution in [0.1, 0.15) is 18.4 Å². The molecule has 1 aliphatic heterocycles. The third-order valence-electron chi connectivity index (χ3n) is 4.30. The van der Waals surface area contributed by atoms with E-state index in [1.54, 1.807) is 11.8 Å². The zero-order chi connectivity index (χ0) is 19.2. The predicted octanol–water partition coefficient (Wildman–Crippen LogP) is 2.21. The molecule has 2 rings (SSSR count). The van der Waals surface area contributed by atoms with Crippen LogP contribution < -0.4 is 5.32 Å². The number of nitrogens with one attached hydrogen (secondary N) is 1. The van der Waals surface area contributed by atoms with Crippen molar-refractivity contribution in [1.29, 1.82) is 0 Å². The van der Waals surface area contributed by atoms with Crippen LogP contribution in [0.15, 0.2) is 24.3 Å². The minimum atomic E-state index is -3.46. The molecule has 1 fully saturated rings. The lowest BCUT2D eigenvalue weighted by atomic mass is 9.99. The second kappa shape index (κ2) is 9.94. The molecule has 0 spiro atoms. The quantitative estimate of drug-likeness (QED) is 0.656. The Hall–Kier alpha value is -0.800. The highest BCUT2D eigenvalue weighted by atomic mass is 35.5. The maximum absolute atomic E-state index is 12.4. The van der Waals surface area contributed by atoms with Gasteiger partial charge < -0.3 is 5.32 Å². The van der Waals surface area contributed by atoms with Crippen molar-refractivity contribution in [2.24, 2.45) is 5.92 Å². The summed E-state index contributed by atoms with van der Waals surface area (Å²) < 4.78 is 27.0. The minimum absolute atomic E-state index is 0.0676. The maximum Gasteiger partial charge on any atom is 0.281 e. The molecular weight excluding hydrogens is 394 g/mol. The largest absolute Gasteiger partial charge is 0.355 e. The van der Waals surface area contributed by atoms with E-state index in [0.717, 1.165) is 28.5 Å². The van der Waals surface area contributed by atoms with Crippen molar-refractivity contribution in [3.05, 3.63) is 34.9 Å². The maximum atomic E-state index is 12.4. The van der Waals surface area contributed by atoms with E-state index in [2.05, 4.69) is 5.32 Å². The number of nitrogens with zero attached hydrogens (tertiary/aromatic N) is 2. The average Bonchev–Trinajstić information content (AvgIpc) is 2.62. The number of halogens is 1. The second-order valence-electron chi connectivity index (χ2n) is 6.42. The molecule has 1 aromatic carbocycles. The molecule has 146 valence electrons. The van der Waals surface area contributed by atoms with Gasteiger partial charge in [-0.15, -0.1) is 0 Å². The molecular formula is C17H26ClN3O3S2. The summed E-state index contributed by atoms with van der Waals surface area (Å²) in [5, 5.41) is 3.68. The Bertz CT molecular complexity index is 713. The third kappa shape index (κ3) is 5.85. The van der Waals surface area contributed by atoms with Crippen LogP contribution in [0.2, 0.25) is 5.02 Å². The summed E-state index contributed by atoms with van der Waals surface area (Å²) in [7, 11) is -0.442. The molecule has 9 heteroatoms. The fraction of sp³-hybridized carbons (Fsp3) is 0.588. The lowest BCUT2D eigenvalue weighted by molar-refractivity contribution is -0.125. The molecule has 0 radical (unpaired) electrons. The van der Waals surface area contributed by atoms with Gasteiger partial charge in [-0.05, 0) is 24.5 Å². The van der Waals surface area contributed by atoms with Crippen LogP contribution in [0.5, 0.6) is 0 Å². The monoisotopic (exact) mass is 419 g/mol. The van der Waals surface area contributed by atoms with E-state index >= 15 is 0 Å². The van der Waals surface area contributed by atoms with Gasteiger partial charge >= 0.3 is 0 Å². The highest BCUT2D eigenvalue weighted by molar-refractivity contribution is 7.98. The SMILES string of the molecule is CN(C)S(=O)(=O)N1CCCC(C(=O)NCCSCc2ccccc2Cl)C1. The lowest BCUT2D eigenvalue weighted by Gasteiger charge is -2.32. The Morgan fingerprint density at radius 3 is 2.81 bits per heavy atom. The van der Waals surface area contributed by atoms with E-state index in [4.69, 9.17) is 11.6 Å². The first-order valence-electron chi connectivity index (χ1n) is 8.59. The summed E-state index contributed by atoms with van der Waals surface area (Å²) in [4.78, 5) is 12.4. The molecule has 1 unspecified atom stereocenters. The summed E-state index contributed by atoms with van der Waals surface area (Å²) in [6, 6.07) is 7.73. The van der Waals surface area contributed by atoms with E-state index in [9.17, 15) is 13.2 Å². The Kier molecular flexibility index (Phi) is 8.22. The molecule has 0 aliphatic carbocycles. The smallest absolute Gasteiger partial charge is 0.281 e. The van der Waals surface area contributed by atoms with Crippen molar-refractivity contribution in [1.82, 2.24) is 13.9 Å². The molecule has 26 heavy (non-hydrogen) atoms. The van der Waals surface area contributed by atoms with Gasteiger partial charge in [-0.1, -0.05) is 29.8 Å². The molecule has 1 heterocycles. The van der Waals surface area contributed by atoms with Crippen LogP contribution in [0.25, 0.3) is 0 Å². The second-order valence-corrected chi connectivity index (χ2v) is 10.1. The number of hydrogen-bond acceptors (Lipinski definition) is 4. The summed E-state index contributed by atoms with van der Waals surface area (Å²) in [5.41, 5.74) is 1.09. The first kappa shape index (κ1) is 21.5. The van der Waals surface area contributed by atoms with Crippen molar-refractivity contribution in [3.63, 3.8) is 0 Å². The van der Waals surface area contributed by atoms with E-state index in [-0.39, 0.29) is 18.4 Å². The van der Waals surface area contributed by atoms with Crippen LogP contribution in [0.3, 0.4) is 0 Å². The van der Waals surface area contributed by atoms with E-state index in [1.807, 2.05) is 24.3 Å². The number of benzene rings is 1. The number of piperidine rings is 1. The molecule has 1 amide bonds. The summed E-state index contributed by atoms with van der Waals surface area (Å²) in [5.74, 6) is 1.23. The molecule has 1 atom stereocenters. The number of thioether (sulfide) groups is 1. The van der Waals surface area contributed by atoms with Crippen LogP contribution in [0, 0.1) is 5.92 Å². The van der Waals surface area contributed by atoms with Gasteiger partial charge in [0.1, 0.15) is 0 Å². The highest BCUT2D eigenvalue weighted by Gasteiger charge is 2.33. The lowest BCUT2D eigenvalue weighted by Crippen LogP contribution is -2.49. The van der Waals surface area contributed by atoms with Gasteiger partial charge in [-0.3, -0.25) is 4.79 Å². The predicted molar refractivity (Wildman–Crippen MR) is 108 cm³/mol. The Morgan fingerprint density at radius 1 is 1.38 bits per heavy atom. The third-order valence-corrected chi connectivity index (χ3v) is 7.59. The number of amides is 1. The van der Waals surface area contributed by atoms with Gasteiger partial charge in [0.05, 0.1) is 5.92 Å². The summed E-state index contributed by atoms with van der Waals surface area (Å²) in [6.07, 6.45) is 1.42. The van der Waals surface area contributed by atoms with Crippen molar-refractivity contribution in [2.75, 3.05) is 39.5 Å². The van der Waals surface area contributed by atoms with Gasteiger partial charge in [0, 0.05) is 50.3 Å². The normalized spacial score (nSPS) is 18.8. The van der Waals surface area contributed by atoms with Crippen LogP contribution >= 0.6 is 23.4 Å². The first-order valence-corrected chi connectivity index (χ1v) is 11.5. The van der Waals surface area contributed by atoms with Gasteiger partial charge in [-0.2, -0.15) is 28.8 Å². The average molecular weight is 420 g/mol. The summed E-state index contributed by atoms with van der Waals surface area (Å²) in [6.45, 7) is 1.28. The Morgan fingerprint density at radius 2 is 2.12 bits per heavy atom. The molecule has 1 N–H and O–H groups in total. The van der Waals surface area contributed by atoms with Gasteiger partial charge in [-0.25, -0.2) is 0 Å². The van der Waals surface area contributed by atoms with Crippen molar-refractivity contribution < 1.29 is 13.2 Å². The van der Waals surface area contributed by atoms with Crippen LogP contribution in [-0.4, -0.2) is 62.4 Å². The fourth-order valence-electron chi connectivity index (χ4n) is 2.79. The fourth-order valence-corrected chi connectivity index (χ4v) is 5.12. The topological polar surface area (TPSA) is 69.7 Å².